The Morgan fingerprint density at radius 2 is 1.81 bits per heavy atom. The number of hydrogen-bond donors (Lipinski definition) is 2. The van der Waals surface area contributed by atoms with Crippen LogP contribution >= 0.6 is 0 Å². The molecule has 0 aliphatic heterocycles. The Balaban J connectivity index is 5.22. The number of aliphatic carboxylic acids is 1. The predicted molar refractivity (Wildman–Crippen MR) is 76.4 cm³/mol. The molecule has 0 radical (unpaired) electrons. The molecular formula is C14H26N2O5. The summed E-state index contributed by atoms with van der Waals surface area (Å²) in [7, 11) is 0. The van der Waals surface area contributed by atoms with Crippen molar-refractivity contribution in [1.82, 2.24) is 9.96 Å². The quantitative estimate of drug-likeness (QED) is 0.222. The van der Waals surface area contributed by atoms with Crippen molar-refractivity contribution < 1.29 is 24.7 Å². The van der Waals surface area contributed by atoms with E-state index >= 15 is 0 Å². The Morgan fingerprint density at radius 3 is 2.19 bits per heavy atom. The van der Waals surface area contributed by atoms with Crippen LogP contribution in [0.5, 0.6) is 0 Å². The highest BCUT2D eigenvalue weighted by Gasteiger charge is 2.39. The lowest BCUT2D eigenvalue weighted by Crippen LogP contribution is -2.55. The van der Waals surface area contributed by atoms with Gasteiger partial charge in [-0.2, -0.15) is 0 Å². The normalized spacial score (nSPS) is 12.6. The van der Waals surface area contributed by atoms with Gasteiger partial charge in [0, 0.05) is 6.42 Å². The molecule has 0 aliphatic rings. The molecule has 7 nitrogen and oxygen atoms in total. The predicted octanol–water partition coefficient (Wildman–Crippen LogP) is 1.70. The number of hydrogen-bond acceptors (Lipinski definition) is 4. The molecule has 2 amide bonds. The largest absolute Gasteiger partial charge is 0.480 e. The monoisotopic (exact) mass is 302 g/mol. The molecule has 0 aliphatic carbocycles. The lowest BCUT2D eigenvalue weighted by Gasteiger charge is -2.38. The number of carbonyl (C=O) groups excluding carboxylic acids is 2. The van der Waals surface area contributed by atoms with Gasteiger partial charge in [0.1, 0.15) is 12.7 Å². The Kier molecular flexibility index (Phi) is 7.94. The van der Waals surface area contributed by atoms with Crippen LogP contribution in [-0.4, -0.2) is 51.3 Å². The zero-order valence-electron chi connectivity index (χ0n) is 13.2. The van der Waals surface area contributed by atoms with Gasteiger partial charge < -0.3 is 10.0 Å². The van der Waals surface area contributed by atoms with Gasteiger partial charge in [0.25, 0.3) is 0 Å². The third-order valence-electron chi connectivity index (χ3n) is 3.10. The Bertz CT molecular complexity index is 365. The molecule has 0 rings (SSSR count). The summed E-state index contributed by atoms with van der Waals surface area (Å²) in [5.74, 6) is -1.54. The molecule has 0 fully saturated rings. The Labute approximate surface area is 125 Å². The standard InChI is InChI=1S/C14H26N2O5/c1-5-6-7-8-11(18)16(9-15(21)10-17)12(13(19)20)14(2,3)4/h10,12,21H,5-9H2,1-4H3,(H,19,20). The van der Waals surface area contributed by atoms with Gasteiger partial charge in [-0.25, -0.2) is 9.86 Å². The minimum Gasteiger partial charge on any atom is -0.480 e. The van der Waals surface area contributed by atoms with Crippen molar-refractivity contribution in [2.24, 2.45) is 5.41 Å². The summed E-state index contributed by atoms with van der Waals surface area (Å²) < 4.78 is 0. The molecule has 0 aromatic rings. The summed E-state index contributed by atoms with van der Waals surface area (Å²) in [6, 6.07) is -1.12. The highest BCUT2D eigenvalue weighted by Crippen LogP contribution is 2.26. The molecule has 0 saturated carbocycles. The number of hydroxylamine groups is 2. The third-order valence-corrected chi connectivity index (χ3v) is 3.10. The van der Waals surface area contributed by atoms with E-state index in [1.807, 2.05) is 6.92 Å². The zero-order chi connectivity index (χ0) is 16.6. The number of carboxylic acid groups (broad SMARTS) is 1. The fraction of sp³-hybridized carbons (Fsp3) is 0.786. The van der Waals surface area contributed by atoms with Gasteiger partial charge in [0.05, 0.1) is 0 Å². The van der Waals surface area contributed by atoms with E-state index < -0.39 is 24.1 Å². The molecule has 21 heavy (non-hydrogen) atoms. The second-order valence-electron chi connectivity index (χ2n) is 6.11. The van der Waals surface area contributed by atoms with E-state index in [0.29, 0.717) is 6.42 Å². The van der Waals surface area contributed by atoms with Gasteiger partial charge in [0.2, 0.25) is 12.3 Å². The number of unbranched alkanes of at least 4 members (excludes halogenated alkanes) is 2. The summed E-state index contributed by atoms with van der Waals surface area (Å²) in [5, 5.41) is 19.0. The molecule has 0 saturated heterocycles. The highest BCUT2D eigenvalue weighted by molar-refractivity contribution is 5.84. The van der Waals surface area contributed by atoms with Crippen LogP contribution in [0, 0.1) is 5.41 Å². The zero-order valence-corrected chi connectivity index (χ0v) is 13.2. The van der Waals surface area contributed by atoms with E-state index in [0.717, 1.165) is 17.7 Å². The molecule has 1 unspecified atom stereocenters. The maximum absolute atomic E-state index is 12.3. The third kappa shape index (κ3) is 6.57. The summed E-state index contributed by atoms with van der Waals surface area (Å²) in [4.78, 5) is 35.4. The van der Waals surface area contributed by atoms with E-state index in [4.69, 9.17) is 0 Å². The van der Waals surface area contributed by atoms with Gasteiger partial charge in [-0.15, -0.1) is 0 Å². The van der Waals surface area contributed by atoms with Crippen LogP contribution in [0.25, 0.3) is 0 Å². The summed E-state index contributed by atoms with van der Waals surface area (Å²) in [6.07, 6.45) is 2.79. The Hall–Kier alpha value is -1.63. The number of carboxylic acids is 1. The SMILES string of the molecule is CCCCCC(=O)N(CN(O)C=O)C(C(=O)O)C(C)(C)C. The van der Waals surface area contributed by atoms with Crippen molar-refractivity contribution in [3.63, 3.8) is 0 Å². The molecule has 0 bridgehead atoms. The maximum Gasteiger partial charge on any atom is 0.327 e. The summed E-state index contributed by atoms with van der Waals surface area (Å²) in [6.45, 7) is 6.63. The van der Waals surface area contributed by atoms with Crippen LogP contribution in [0.3, 0.4) is 0 Å². The van der Waals surface area contributed by atoms with Crippen LogP contribution in [0.1, 0.15) is 53.4 Å². The van der Waals surface area contributed by atoms with Crippen LogP contribution in [0.4, 0.5) is 0 Å². The van der Waals surface area contributed by atoms with E-state index in [-0.39, 0.29) is 23.8 Å². The van der Waals surface area contributed by atoms with Crippen LogP contribution < -0.4 is 0 Å². The van der Waals surface area contributed by atoms with Crippen molar-refractivity contribution in [2.45, 2.75) is 59.4 Å². The first-order valence-corrected chi connectivity index (χ1v) is 7.08. The molecular weight excluding hydrogens is 276 g/mol. The van der Waals surface area contributed by atoms with Gasteiger partial charge >= 0.3 is 5.97 Å². The first-order chi connectivity index (χ1) is 9.65. The summed E-state index contributed by atoms with van der Waals surface area (Å²) >= 11 is 0. The van der Waals surface area contributed by atoms with Gasteiger partial charge in [0.15, 0.2) is 0 Å². The van der Waals surface area contributed by atoms with Gasteiger partial charge in [-0.05, 0) is 11.8 Å². The second-order valence-corrected chi connectivity index (χ2v) is 6.11. The Morgan fingerprint density at radius 1 is 1.24 bits per heavy atom. The van der Waals surface area contributed by atoms with Crippen molar-refractivity contribution in [2.75, 3.05) is 6.67 Å². The van der Waals surface area contributed by atoms with Crippen LogP contribution in [-0.2, 0) is 14.4 Å². The molecule has 0 aromatic heterocycles. The average Bonchev–Trinajstić information content (AvgIpc) is 2.35. The van der Waals surface area contributed by atoms with Crippen molar-refractivity contribution in [3.05, 3.63) is 0 Å². The van der Waals surface area contributed by atoms with E-state index in [2.05, 4.69) is 0 Å². The first-order valence-electron chi connectivity index (χ1n) is 7.08. The highest BCUT2D eigenvalue weighted by atomic mass is 16.5. The fourth-order valence-corrected chi connectivity index (χ4v) is 2.14. The number of rotatable bonds is 9. The lowest BCUT2D eigenvalue weighted by molar-refractivity contribution is -0.176. The van der Waals surface area contributed by atoms with E-state index in [9.17, 15) is 24.7 Å². The van der Waals surface area contributed by atoms with Gasteiger partial charge in [-0.1, -0.05) is 40.5 Å². The van der Waals surface area contributed by atoms with E-state index in [1.54, 1.807) is 20.8 Å². The maximum atomic E-state index is 12.3. The van der Waals surface area contributed by atoms with Crippen molar-refractivity contribution in [3.8, 4) is 0 Å². The number of carbonyl (C=O) groups is 3. The molecule has 0 heterocycles. The molecule has 0 spiro atoms. The van der Waals surface area contributed by atoms with Crippen LogP contribution in [0.15, 0.2) is 0 Å². The molecule has 1 atom stereocenters. The topological polar surface area (TPSA) is 98.2 Å². The molecule has 7 heteroatoms. The fourth-order valence-electron chi connectivity index (χ4n) is 2.14. The van der Waals surface area contributed by atoms with Crippen LogP contribution in [0.2, 0.25) is 0 Å². The molecule has 2 N–H and O–H groups in total. The second kappa shape index (κ2) is 8.61. The lowest BCUT2D eigenvalue weighted by atomic mass is 9.85. The number of amides is 2. The summed E-state index contributed by atoms with van der Waals surface area (Å²) in [5.41, 5.74) is -0.726. The minimum atomic E-state index is -1.16. The molecule has 0 aromatic carbocycles. The average molecular weight is 302 g/mol. The van der Waals surface area contributed by atoms with Crippen molar-refractivity contribution >= 4 is 18.3 Å². The smallest absolute Gasteiger partial charge is 0.327 e. The van der Waals surface area contributed by atoms with E-state index in [1.165, 1.54) is 0 Å². The van der Waals surface area contributed by atoms with Crippen molar-refractivity contribution in [1.29, 1.82) is 0 Å². The number of nitrogens with zero attached hydrogens (tertiary/aromatic N) is 2. The minimum absolute atomic E-state index is 0.147. The molecule has 122 valence electrons. The van der Waals surface area contributed by atoms with Gasteiger partial charge in [-0.3, -0.25) is 14.8 Å². The first kappa shape index (κ1) is 19.4.